The average Bonchev–Trinajstić information content (AvgIpc) is 2.45. The van der Waals surface area contributed by atoms with E-state index in [0.29, 0.717) is 5.56 Å². The summed E-state index contributed by atoms with van der Waals surface area (Å²) in [4.78, 5) is 12.0. The normalized spacial score (nSPS) is 11.4. The minimum Gasteiger partial charge on any atom is -0.325 e. The third kappa shape index (κ3) is 2.98. The molecule has 0 saturated carbocycles. The van der Waals surface area contributed by atoms with Crippen molar-refractivity contribution < 1.29 is 13.6 Å². The summed E-state index contributed by atoms with van der Waals surface area (Å²) in [6.07, 6.45) is 0. The van der Waals surface area contributed by atoms with Crippen molar-refractivity contribution in [2.45, 2.75) is 5.92 Å². The van der Waals surface area contributed by atoms with Gasteiger partial charge in [0.2, 0.25) is 5.91 Å². The van der Waals surface area contributed by atoms with E-state index >= 15 is 0 Å². The van der Waals surface area contributed by atoms with Crippen LogP contribution >= 0.6 is 0 Å². The van der Waals surface area contributed by atoms with Crippen LogP contribution < -0.4 is 5.32 Å². The number of nitrogens with one attached hydrogen (secondary N) is 1. The lowest BCUT2D eigenvalue weighted by molar-refractivity contribution is -0.116. The Morgan fingerprint density at radius 2 is 1.80 bits per heavy atom. The predicted molar refractivity (Wildman–Crippen MR) is 69.8 cm³/mol. The van der Waals surface area contributed by atoms with Crippen molar-refractivity contribution in [1.29, 1.82) is 5.26 Å². The van der Waals surface area contributed by atoms with Crippen molar-refractivity contribution in [2.24, 2.45) is 0 Å². The van der Waals surface area contributed by atoms with Crippen LogP contribution in [0.2, 0.25) is 0 Å². The molecule has 1 N–H and O–H groups in total. The van der Waals surface area contributed by atoms with Crippen LogP contribution in [0, 0.1) is 23.0 Å². The van der Waals surface area contributed by atoms with E-state index in [9.17, 15) is 13.6 Å². The summed E-state index contributed by atoms with van der Waals surface area (Å²) in [5, 5.41) is 11.5. The summed E-state index contributed by atoms with van der Waals surface area (Å²) in [5.41, 5.74) is 0.639. The van der Waals surface area contributed by atoms with Crippen LogP contribution in [-0.4, -0.2) is 5.91 Å². The molecule has 1 atom stereocenters. The maximum Gasteiger partial charge on any atom is 0.246 e. The van der Waals surface area contributed by atoms with Crippen molar-refractivity contribution in [3.63, 3.8) is 0 Å². The highest BCUT2D eigenvalue weighted by atomic mass is 19.2. The first-order chi connectivity index (χ1) is 9.61. The van der Waals surface area contributed by atoms with Gasteiger partial charge in [0.1, 0.15) is 0 Å². The third-order valence-corrected chi connectivity index (χ3v) is 2.71. The van der Waals surface area contributed by atoms with E-state index in [1.807, 2.05) is 6.07 Å². The molecular weight excluding hydrogens is 262 g/mol. The largest absolute Gasteiger partial charge is 0.325 e. The molecule has 0 aliphatic rings. The number of halogens is 2. The van der Waals surface area contributed by atoms with Crippen LogP contribution in [-0.2, 0) is 4.79 Å². The van der Waals surface area contributed by atoms with E-state index in [1.165, 1.54) is 6.07 Å². The molecule has 1 amide bonds. The summed E-state index contributed by atoms with van der Waals surface area (Å²) >= 11 is 0. The Labute approximate surface area is 114 Å². The fraction of sp³-hybridized carbons (Fsp3) is 0.0667. The average molecular weight is 272 g/mol. The zero-order chi connectivity index (χ0) is 14.5. The van der Waals surface area contributed by atoms with Gasteiger partial charge in [0.25, 0.3) is 0 Å². The summed E-state index contributed by atoms with van der Waals surface area (Å²) in [6.45, 7) is 0. The highest BCUT2D eigenvalue weighted by Crippen LogP contribution is 2.19. The summed E-state index contributed by atoms with van der Waals surface area (Å²) in [5.74, 6) is -3.66. The molecule has 5 heteroatoms. The second kappa shape index (κ2) is 5.93. The molecule has 20 heavy (non-hydrogen) atoms. The number of hydrogen-bond acceptors (Lipinski definition) is 2. The number of rotatable bonds is 3. The Kier molecular flexibility index (Phi) is 4.06. The SMILES string of the molecule is N#CC(C(=O)Nc1ccc(F)c(F)c1)c1ccccc1. The van der Waals surface area contributed by atoms with Crippen LogP contribution in [0.1, 0.15) is 11.5 Å². The van der Waals surface area contributed by atoms with Crippen LogP contribution in [0.3, 0.4) is 0 Å². The number of anilines is 1. The van der Waals surface area contributed by atoms with E-state index < -0.39 is 23.5 Å². The third-order valence-electron chi connectivity index (χ3n) is 2.71. The van der Waals surface area contributed by atoms with Gasteiger partial charge in [-0.2, -0.15) is 5.26 Å². The first kappa shape index (κ1) is 13.7. The van der Waals surface area contributed by atoms with Gasteiger partial charge in [-0.15, -0.1) is 0 Å². The Bertz CT molecular complexity index is 665. The van der Waals surface area contributed by atoms with Gasteiger partial charge in [0.05, 0.1) is 6.07 Å². The Balaban J connectivity index is 2.18. The molecule has 1 unspecified atom stereocenters. The van der Waals surface area contributed by atoms with Crippen molar-refractivity contribution in [1.82, 2.24) is 0 Å². The van der Waals surface area contributed by atoms with Crippen LogP contribution in [0.4, 0.5) is 14.5 Å². The minimum absolute atomic E-state index is 0.102. The maximum atomic E-state index is 13.0. The first-order valence-corrected chi connectivity index (χ1v) is 5.82. The molecule has 0 heterocycles. The van der Waals surface area contributed by atoms with Crippen molar-refractivity contribution in [3.8, 4) is 6.07 Å². The topological polar surface area (TPSA) is 52.9 Å². The molecule has 2 aromatic carbocycles. The number of hydrogen-bond donors (Lipinski definition) is 1. The number of nitriles is 1. The van der Waals surface area contributed by atoms with Crippen LogP contribution in [0.15, 0.2) is 48.5 Å². The summed E-state index contributed by atoms with van der Waals surface area (Å²) in [7, 11) is 0. The fourth-order valence-corrected chi connectivity index (χ4v) is 1.72. The second-order valence-corrected chi connectivity index (χ2v) is 4.09. The lowest BCUT2D eigenvalue weighted by Gasteiger charge is -2.10. The van der Waals surface area contributed by atoms with Crippen LogP contribution in [0.5, 0.6) is 0 Å². The van der Waals surface area contributed by atoms with Crippen molar-refractivity contribution >= 4 is 11.6 Å². The maximum absolute atomic E-state index is 13.0. The number of amides is 1. The van der Waals surface area contributed by atoms with Gasteiger partial charge in [-0.25, -0.2) is 8.78 Å². The molecule has 2 rings (SSSR count). The van der Waals surface area contributed by atoms with Crippen molar-refractivity contribution in [2.75, 3.05) is 5.32 Å². The van der Waals surface area contributed by atoms with Gasteiger partial charge in [0.15, 0.2) is 17.6 Å². The minimum atomic E-state index is -1.06. The first-order valence-electron chi connectivity index (χ1n) is 5.82. The zero-order valence-electron chi connectivity index (χ0n) is 10.3. The monoisotopic (exact) mass is 272 g/mol. The van der Waals surface area contributed by atoms with Gasteiger partial charge in [0, 0.05) is 11.8 Å². The van der Waals surface area contributed by atoms with E-state index in [-0.39, 0.29) is 5.69 Å². The fourth-order valence-electron chi connectivity index (χ4n) is 1.72. The molecule has 0 aromatic heterocycles. The number of carbonyl (C=O) groups excluding carboxylic acids is 1. The molecule has 2 aromatic rings. The molecule has 0 bridgehead atoms. The van der Waals surface area contributed by atoms with Gasteiger partial charge < -0.3 is 5.32 Å². The van der Waals surface area contributed by atoms with E-state index in [4.69, 9.17) is 5.26 Å². The standard InChI is InChI=1S/C15H10F2N2O/c16-13-7-6-11(8-14(13)17)19-15(20)12(9-18)10-4-2-1-3-5-10/h1-8,12H,(H,19,20). The van der Waals surface area contributed by atoms with E-state index in [1.54, 1.807) is 30.3 Å². The Morgan fingerprint density at radius 1 is 1.10 bits per heavy atom. The molecule has 0 aliphatic heterocycles. The number of nitrogens with zero attached hydrogens (tertiary/aromatic N) is 1. The second-order valence-electron chi connectivity index (χ2n) is 4.09. The van der Waals surface area contributed by atoms with Gasteiger partial charge in [-0.05, 0) is 17.7 Å². The van der Waals surface area contributed by atoms with Crippen molar-refractivity contribution in [3.05, 3.63) is 65.7 Å². The van der Waals surface area contributed by atoms with Gasteiger partial charge in [-0.3, -0.25) is 4.79 Å². The molecular formula is C15H10F2N2O. The number of carbonyl (C=O) groups is 1. The Morgan fingerprint density at radius 3 is 2.40 bits per heavy atom. The molecule has 0 radical (unpaired) electrons. The quantitative estimate of drug-likeness (QED) is 0.932. The number of benzene rings is 2. The zero-order valence-corrected chi connectivity index (χ0v) is 10.3. The highest BCUT2D eigenvalue weighted by molar-refractivity contribution is 5.97. The lowest BCUT2D eigenvalue weighted by atomic mass is 10.00. The molecule has 0 aliphatic carbocycles. The molecule has 3 nitrogen and oxygen atoms in total. The highest BCUT2D eigenvalue weighted by Gasteiger charge is 2.20. The molecule has 100 valence electrons. The van der Waals surface area contributed by atoms with Gasteiger partial charge >= 0.3 is 0 Å². The summed E-state index contributed by atoms with van der Waals surface area (Å²) in [6, 6.07) is 13.4. The van der Waals surface area contributed by atoms with Gasteiger partial charge in [-0.1, -0.05) is 30.3 Å². The van der Waals surface area contributed by atoms with E-state index in [0.717, 1.165) is 12.1 Å². The molecule has 0 spiro atoms. The summed E-state index contributed by atoms with van der Waals surface area (Å²) < 4.78 is 25.8. The molecule has 0 saturated heterocycles. The van der Waals surface area contributed by atoms with Crippen LogP contribution in [0.25, 0.3) is 0 Å². The lowest BCUT2D eigenvalue weighted by Crippen LogP contribution is -2.20. The Hall–Kier alpha value is -2.74. The van der Waals surface area contributed by atoms with E-state index in [2.05, 4.69) is 5.32 Å². The smallest absolute Gasteiger partial charge is 0.246 e. The predicted octanol–water partition coefficient (Wildman–Crippen LogP) is 3.21. The molecule has 0 fully saturated rings.